The van der Waals surface area contributed by atoms with Crippen LogP contribution in [0.4, 0.5) is 5.69 Å². The van der Waals surface area contributed by atoms with Crippen LogP contribution in [0.5, 0.6) is 0 Å². The Morgan fingerprint density at radius 3 is 2.00 bits per heavy atom. The Morgan fingerprint density at radius 1 is 1.25 bits per heavy atom. The highest BCUT2D eigenvalue weighted by molar-refractivity contribution is 9.03. The van der Waals surface area contributed by atoms with E-state index in [1.54, 1.807) is 0 Å². The highest BCUT2D eigenvalue weighted by atomic mass is 33.2. The number of rotatable bonds is 2. The molecular formula is C10H15NO3S2. The largest absolute Gasteiger partial charge is 0.284 e. The minimum atomic E-state index is -2.62. The van der Waals surface area contributed by atoms with E-state index in [0.29, 0.717) is 5.56 Å². The number of hydrogen-bond donors (Lipinski definition) is 2. The predicted molar refractivity (Wildman–Crippen MR) is 73.2 cm³/mol. The van der Waals surface area contributed by atoms with E-state index in [-0.39, 0.29) is 10.8 Å². The normalized spacial score (nSPS) is 13.9. The molecule has 90 valence electrons. The first kappa shape index (κ1) is 13.1. The Kier molecular flexibility index (Phi) is 3.08. The third kappa shape index (κ3) is 2.99. The smallest absolute Gasteiger partial charge is 0.269 e. The molecule has 1 aromatic rings. The van der Waals surface area contributed by atoms with Gasteiger partial charge in [0.15, 0.2) is 5.12 Å². The first-order valence-electron chi connectivity index (χ1n) is 4.63. The maximum absolute atomic E-state index is 12.1. The minimum Gasteiger partial charge on any atom is -0.284 e. The summed E-state index contributed by atoms with van der Waals surface area (Å²) in [5.74, 6) is 0. The molecule has 0 radical (unpaired) electrons. The number of carbonyl (C=O) groups excluding carboxylic acids is 1. The van der Waals surface area contributed by atoms with Gasteiger partial charge in [-0.15, -0.1) is 11.7 Å². The van der Waals surface area contributed by atoms with E-state index in [2.05, 4.69) is 11.7 Å². The monoisotopic (exact) mass is 261 g/mol. The van der Waals surface area contributed by atoms with Crippen LogP contribution in [0.3, 0.4) is 0 Å². The molecule has 0 saturated heterocycles. The van der Waals surface area contributed by atoms with Gasteiger partial charge < -0.3 is 0 Å². The molecule has 0 bridgehead atoms. The first-order valence-corrected chi connectivity index (χ1v) is 9.36. The molecule has 0 aliphatic carbocycles. The summed E-state index contributed by atoms with van der Waals surface area (Å²) in [6.45, 7) is 0. The fourth-order valence-corrected chi connectivity index (χ4v) is 2.56. The molecule has 0 aromatic heterocycles. The SMILES string of the molecule is C[SH](C)(C)(S)C(=O)c1ccc([N+](=O)[O-])cc1. The van der Waals surface area contributed by atoms with Gasteiger partial charge in [0.05, 0.1) is 4.92 Å². The van der Waals surface area contributed by atoms with Crippen molar-refractivity contribution in [3.63, 3.8) is 0 Å². The number of nitro benzene ring substituents is 1. The molecule has 0 fully saturated rings. The number of benzene rings is 1. The topological polar surface area (TPSA) is 60.2 Å². The molecular weight excluding hydrogens is 246 g/mol. The Labute approximate surface area is 99.3 Å². The molecule has 0 unspecified atom stereocenters. The van der Waals surface area contributed by atoms with Gasteiger partial charge in [0, 0.05) is 17.7 Å². The number of hydrogen-bond acceptors (Lipinski definition) is 4. The molecule has 6 heteroatoms. The van der Waals surface area contributed by atoms with Gasteiger partial charge in [-0.2, -0.15) is 0 Å². The lowest BCUT2D eigenvalue weighted by atomic mass is 10.2. The summed E-state index contributed by atoms with van der Waals surface area (Å²) in [6.07, 6.45) is 5.50. The van der Waals surface area contributed by atoms with E-state index in [9.17, 15) is 14.9 Å². The van der Waals surface area contributed by atoms with E-state index < -0.39 is 13.1 Å². The van der Waals surface area contributed by atoms with E-state index in [0.717, 1.165) is 0 Å². The van der Waals surface area contributed by atoms with Crippen LogP contribution < -0.4 is 0 Å². The van der Waals surface area contributed by atoms with Crippen molar-refractivity contribution in [2.24, 2.45) is 0 Å². The van der Waals surface area contributed by atoms with Crippen molar-refractivity contribution in [2.75, 3.05) is 18.8 Å². The van der Waals surface area contributed by atoms with Crippen LogP contribution in [0, 0.1) is 10.1 Å². The van der Waals surface area contributed by atoms with Gasteiger partial charge in [0.2, 0.25) is 0 Å². The van der Waals surface area contributed by atoms with Gasteiger partial charge in [0.25, 0.3) is 5.69 Å². The van der Waals surface area contributed by atoms with E-state index in [1.807, 2.05) is 18.8 Å². The molecule has 0 saturated carbocycles. The molecule has 0 N–H and O–H groups in total. The average Bonchev–Trinajstić information content (AvgIpc) is 2.14. The summed E-state index contributed by atoms with van der Waals surface area (Å²) in [7, 11) is -2.62. The molecule has 0 aliphatic rings. The Balaban J connectivity index is 3.09. The van der Waals surface area contributed by atoms with Crippen molar-refractivity contribution in [1.82, 2.24) is 0 Å². The Bertz CT molecular complexity index is 436. The van der Waals surface area contributed by atoms with Crippen LogP contribution >= 0.6 is 19.9 Å². The molecule has 4 nitrogen and oxygen atoms in total. The fourth-order valence-electron chi connectivity index (χ4n) is 1.17. The molecule has 16 heavy (non-hydrogen) atoms. The van der Waals surface area contributed by atoms with Gasteiger partial charge in [0.1, 0.15) is 0 Å². The molecule has 0 atom stereocenters. The zero-order chi connectivity index (χ0) is 12.6. The van der Waals surface area contributed by atoms with E-state index in [4.69, 9.17) is 0 Å². The molecule has 0 heterocycles. The van der Waals surface area contributed by atoms with Crippen LogP contribution in [0.25, 0.3) is 0 Å². The van der Waals surface area contributed by atoms with Crippen molar-refractivity contribution >= 4 is 30.7 Å². The summed E-state index contributed by atoms with van der Waals surface area (Å²) in [5.41, 5.74) is 0.463. The van der Waals surface area contributed by atoms with Crippen molar-refractivity contribution in [1.29, 1.82) is 0 Å². The number of nitrogens with zero attached hydrogens (tertiary/aromatic N) is 1. The highest BCUT2D eigenvalue weighted by Gasteiger charge is 2.30. The van der Waals surface area contributed by atoms with E-state index >= 15 is 0 Å². The zero-order valence-corrected chi connectivity index (χ0v) is 11.2. The first-order chi connectivity index (χ1) is 7.08. The summed E-state index contributed by atoms with van der Waals surface area (Å²) in [5, 5.41) is 10.4. The Morgan fingerprint density at radius 2 is 1.69 bits per heavy atom. The van der Waals surface area contributed by atoms with Crippen LogP contribution in [0.2, 0.25) is 0 Å². The number of non-ortho nitro benzene ring substituents is 1. The van der Waals surface area contributed by atoms with Gasteiger partial charge >= 0.3 is 0 Å². The van der Waals surface area contributed by atoms with Gasteiger partial charge in [-0.05, 0) is 30.9 Å². The second kappa shape index (κ2) is 3.78. The van der Waals surface area contributed by atoms with Crippen LogP contribution in [0.15, 0.2) is 24.3 Å². The van der Waals surface area contributed by atoms with Gasteiger partial charge in [-0.25, -0.2) is 8.19 Å². The lowest BCUT2D eigenvalue weighted by Crippen LogP contribution is -2.17. The minimum absolute atomic E-state index is 0.0145. The van der Waals surface area contributed by atoms with Crippen LogP contribution in [0.1, 0.15) is 10.4 Å². The van der Waals surface area contributed by atoms with Crippen molar-refractivity contribution in [2.45, 2.75) is 0 Å². The lowest BCUT2D eigenvalue weighted by molar-refractivity contribution is -0.384. The summed E-state index contributed by atoms with van der Waals surface area (Å²) >= 11 is 4.43. The Hall–Kier alpha value is -1.01. The average molecular weight is 261 g/mol. The van der Waals surface area contributed by atoms with Gasteiger partial charge in [-0.1, -0.05) is 0 Å². The molecule has 1 aromatic carbocycles. The lowest BCUT2D eigenvalue weighted by Gasteiger charge is -2.43. The summed E-state index contributed by atoms with van der Waals surface area (Å²) < 4.78 is 0. The quantitative estimate of drug-likeness (QED) is 0.372. The number of thiol groups is 2. The third-order valence-corrected chi connectivity index (χ3v) is 4.23. The predicted octanol–water partition coefficient (Wildman–Crippen LogP) is 2.54. The standard InChI is InChI=1S/C10H15NO3S2/c1-16(2,3,15)10(12)8-4-6-9(7-5-8)11(13)14/h4-7,15-16H,1-3H3. The van der Waals surface area contributed by atoms with E-state index in [1.165, 1.54) is 24.3 Å². The number of carbonyl (C=O) groups is 1. The fraction of sp³-hybridized carbons (Fsp3) is 0.300. The van der Waals surface area contributed by atoms with Crippen molar-refractivity contribution in [3.05, 3.63) is 39.9 Å². The molecule has 0 amide bonds. The third-order valence-electron chi connectivity index (χ3n) is 2.03. The summed E-state index contributed by atoms with van der Waals surface area (Å²) in [6, 6.07) is 5.63. The van der Waals surface area contributed by atoms with Crippen LogP contribution in [-0.2, 0) is 0 Å². The van der Waals surface area contributed by atoms with Crippen LogP contribution in [-0.4, -0.2) is 28.8 Å². The summed E-state index contributed by atoms with van der Waals surface area (Å²) in [4.78, 5) is 22.0. The number of nitro groups is 1. The second-order valence-corrected chi connectivity index (χ2v) is 14.9. The second-order valence-electron chi connectivity index (χ2n) is 4.82. The molecule has 0 spiro atoms. The van der Waals surface area contributed by atoms with Gasteiger partial charge in [-0.3, -0.25) is 14.9 Å². The zero-order valence-electron chi connectivity index (χ0n) is 9.38. The maximum atomic E-state index is 12.1. The highest BCUT2D eigenvalue weighted by Crippen LogP contribution is 2.66. The van der Waals surface area contributed by atoms with Crippen molar-refractivity contribution in [3.8, 4) is 0 Å². The molecule has 0 aliphatic heterocycles. The van der Waals surface area contributed by atoms with Crippen molar-refractivity contribution < 1.29 is 9.72 Å². The maximum Gasteiger partial charge on any atom is 0.269 e. The molecule has 1 rings (SSSR count).